The number of amides is 1. The number of nitrogens with zero attached hydrogens (tertiary/aromatic N) is 1. The summed E-state index contributed by atoms with van der Waals surface area (Å²) >= 11 is 0. The lowest BCUT2D eigenvalue weighted by molar-refractivity contribution is -0.120. The molecule has 0 bridgehead atoms. The maximum Gasteiger partial charge on any atom is 0.224 e. The number of rotatable bonds is 6. The number of carbonyl (C=O) groups excluding carboxylic acids is 1. The molecule has 2 aromatic heterocycles. The fraction of sp³-hybridized carbons (Fsp3) is 0.278. The molecule has 0 radical (unpaired) electrons. The zero-order valence-corrected chi connectivity index (χ0v) is 13.0. The summed E-state index contributed by atoms with van der Waals surface area (Å²) in [6.07, 6.45) is 2.98. The molecule has 2 heterocycles. The van der Waals surface area contributed by atoms with E-state index < -0.39 is 6.10 Å². The van der Waals surface area contributed by atoms with Crippen molar-refractivity contribution in [1.29, 1.82) is 0 Å². The van der Waals surface area contributed by atoms with Crippen LogP contribution in [0.4, 0.5) is 0 Å². The molecule has 0 saturated carbocycles. The first kappa shape index (κ1) is 15.4. The van der Waals surface area contributed by atoms with Gasteiger partial charge in [0.1, 0.15) is 11.9 Å². The number of hydrogen-bond acceptors (Lipinski definition) is 3. The number of benzene rings is 1. The molecule has 0 saturated heterocycles. The van der Waals surface area contributed by atoms with Crippen molar-refractivity contribution in [2.75, 3.05) is 6.54 Å². The Balaban J connectivity index is 1.66. The van der Waals surface area contributed by atoms with Crippen molar-refractivity contribution in [3.8, 4) is 0 Å². The smallest absolute Gasteiger partial charge is 0.224 e. The van der Waals surface area contributed by atoms with Crippen LogP contribution in [0.25, 0.3) is 10.9 Å². The van der Waals surface area contributed by atoms with Crippen LogP contribution < -0.4 is 5.32 Å². The van der Waals surface area contributed by atoms with Crippen LogP contribution in [0.1, 0.15) is 24.4 Å². The van der Waals surface area contributed by atoms with E-state index in [-0.39, 0.29) is 12.5 Å². The van der Waals surface area contributed by atoms with Gasteiger partial charge in [-0.3, -0.25) is 4.79 Å². The number of hydrogen-bond donors (Lipinski definition) is 2. The van der Waals surface area contributed by atoms with Crippen LogP contribution in [0.15, 0.2) is 53.3 Å². The van der Waals surface area contributed by atoms with Gasteiger partial charge in [-0.15, -0.1) is 0 Å². The van der Waals surface area contributed by atoms with Crippen LogP contribution in [-0.2, 0) is 17.8 Å². The average Bonchev–Trinajstić information content (AvgIpc) is 3.21. The van der Waals surface area contributed by atoms with Crippen LogP contribution in [0.3, 0.4) is 0 Å². The third kappa shape index (κ3) is 3.29. The molecule has 3 aromatic rings. The normalized spacial score (nSPS) is 12.4. The Morgan fingerprint density at radius 3 is 2.87 bits per heavy atom. The largest absolute Gasteiger partial charge is 0.467 e. The molecule has 2 N–H and O–H groups in total. The van der Waals surface area contributed by atoms with E-state index >= 15 is 0 Å². The van der Waals surface area contributed by atoms with Crippen LogP contribution in [0.2, 0.25) is 0 Å². The van der Waals surface area contributed by atoms with Crippen molar-refractivity contribution in [3.63, 3.8) is 0 Å². The zero-order chi connectivity index (χ0) is 16.2. The summed E-state index contributed by atoms with van der Waals surface area (Å²) in [5.74, 6) is 0.336. The minimum atomic E-state index is -0.828. The number of nitrogens with one attached hydrogen (secondary N) is 1. The van der Waals surface area contributed by atoms with Gasteiger partial charge in [-0.25, -0.2) is 0 Å². The van der Waals surface area contributed by atoms with Crippen LogP contribution in [-0.4, -0.2) is 22.1 Å². The number of aliphatic hydroxyl groups excluding tert-OH is 1. The predicted octanol–water partition coefficient (Wildman–Crippen LogP) is 2.65. The van der Waals surface area contributed by atoms with Gasteiger partial charge in [-0.1, -0.05) is 18.2 Å². The minimum Gasteiger partial charge on any atom is -0.467 e. The third-order valence-corrected chi connectivity index (χ3v) is 3.93. The number of furan rings is 1. The molecule has 0 aliphatic rings. The molecule has 0 fully saturated rings. The fourth-order valence-electron chi connectivity index (χ4n) is 2.75. The van der Waals surface area contributed by atoms with Crippen molar-refractivity contribution in [1.82, 2.24) is 9.88 Å². The Morgan fingerprint density at radius 1 is 1.30 bits per heavy atom. The first-order valence-electron chi connectivity index (χ1n) is 7.74. The van der Waals surface area contributed by atoms with Crippen molar-refractivity contribution >= 4 is 16.8 Å². The molecule has 23 heavy (non-hydrogen) atoms. The molecule has 0 aliphatic heterocycles. The number of carbonyl (C=O) groups is 1. The van der Waals surface area contributed by atoms with Gasteiger partial charge < -0.3 is 19.4 Å². The second kappa shape index (κ2) is 6.71. The summed E-state index contributed by atoms with van der Waals surface area (Å²) < 4.78 is 7.25. The SMILES string of the molecule is CCn1cc(CC(=O)NCC(O)c2ccco2)c2ccccc21. The summed E-state index contributed by atoms with van der Waals surface area (Å²) in [4.78, 5) is 12.2. The highest BCUT2D eigenvalue weighted by Crippen LogP contribution is 2.21. The van der Waals surface area contributed by atoms with E-state index in [2.05, 4.69) is 22.9 Å². The Kier molecular flexibility index (Phi) is 4.48. The number of para-hydroxylation sites is 1. The highest BCUT2D eigenvalue weighted by molar-refractivity contribution is 5.89. The Labute approximate surface area is 134 Å². The third-order valence-electron chi connectivity index (χ3n) is 3.93. The second-order valence-corrected chi connectivity index (χ2v) is 5.47. The van der Waals surface area contributed by atoms with Gasteiger partial charge >= 0.3 is 0 Å². The molecule has 1 aromatic carbocycles. The summed E-state index contributed by atoms with van der Waals surface area (Å²) in [6, 6.07) is 11.5. The van der Waals surface area contributed by atoms with Crippen LogP contribution in [0, 0.1) is 0 Å². The van der Waals surface area contributed by atoms with Gasteiger partial charge in [-0.2, -0.15) is 0 Å². The average molecular weight is 312 g/mol. The van der Waals surface area contributed by atoms with E-state index in [1.54, 1.807) is 12.1 Å². The first-order valence-corrected chi connectivity index (χ1v) is 7.74. The van der Waals surface area contributed by atoms with E-state index in [9.17, 15) is 9.90 Å². The van der Waals surface area contributed by atoms with Gasteiger partial charge in [0.2, 0.25) is 5.91 Å². The van der Waals surface area contributed by atoms with E-state index in [0.717, 1.165) is 23.0 Å². The van der Waals surface area contributed by atoms with Crippen molar-refractivity contribution in [3.05, 3.63) is 60.2 Å². The molecule has 0 aliphatic carbocycles. The Morgan fingerprint density at radius 2 is 2.13 bits per heavy atom. The molecular formula is C18H20N2O3. The number of fused-ring (bicyclic) bond motifs is 1. The summed E-state index contributed by atoms with van der Waals surface area (Å²) in [5.41, 5.74) is 2.13. The standard InChI is InChI=1S/C18H20N2O3/c1-2-20-12-13(14-6-3-4-7-15(14)20)10-18(22)19-11-16(21)17-8-5-9-23-17/h3-9,12,16,21H,2,10-11H2,1H3,(H,19,22). The highest BCUT2D eigenvalue weighted by atomic mass is 16.4. The van der Waals surface area contributed by atoms with Gasteiger partial charge in [-0.05, 0) is 30.7 Å². The van der Waals surface area contributed by atoms with Crippen molar-refractivity contribution < 1.29 is 14.3 Å². The van der Waals surface area contributed by atoms with Gasteiger partial charge in [0, 0.05) is 23.6 Å². The monoisotopic (exact) mass is 312 g/mol. The molecule has 5 heteroatoms. The quantitative estimate of drug-likeness (QED) is 0.735. The topological polar surface area (TPSA) is 67.4 Å². The number of aliphatic hydroxyl groups is 1. The van der Waals surface area contributed by atoms with Crippen molar-refractivity contribution in [2.45, 2.75) is 26.0 Å². The summed E-state index contributed by atoms with van der Waals surface area (Å²) in [5, 5.41) is 13.8. The van der Waals surface area contributed by atoms with E-state index in [1.165, 1.54) is 6.26 Å². The van der Waals surface area contributed by atoms with Crippen LogP contribution in [0.5, 0.6) is 0 Å². The predicted molar refractivity (Wildman–Crippen MR) is 88.0 cm³/mol. The lowest BCUT2D eigenvalue weighted by Crippen LogP contribution is -2.29. The summed E-state index contributed by atoms with van der Waals surface area (Å²) in [7, 11) is 0. The van der Waals surface area contributed by atoms with Gasteiger partial charge in [0.05, 0.1) is 19.2 Å². The van der Waals surface area contributed by atoms with E-state index in [4.69, 9.17) is 4.42 Å². The van der Waals surface area contributed by atoms with E-state index in [0.29, 0.717) is 12.2 Å². The highest BCUT2D eigenvalue weighted by Gasteiger charge is 2.14. The first-order chi connectivity index (χ1) is 11.2. The van der Waals surface area contributed by atoms with Gasteiger partial charge in [0.25, 0.3) is 0 Å². The fourth-order valence-corrected chi connectivity index (χ4v) is 2.75. The molecular weight excluding hydrogens is 292 g/mol. The Bertz CT molecular complexity index is 790. The Hall–Kier alpha value is -2.53. The maximum atomic E-state index is 12.2. The lowest BCUT2D eigenvalue weighted by Gasteiger charge is -2.09. The molecule has 1 atom stereocenters. The van der Waals surface area contributed by atoms with Crippen LogP contribution >= 0.6 is 0 Å². The molecule has 1 amide bonds. The summed E-state index contributed by atoms with van der Waals surface area (Å²) in [6.45, 7) is 3.08. The number of aromatic nitrogens is 1. The van der Waals surface area contributed by atoms with E-state index in [1.807, 2.05) is 24.4 Å². The molecule has 0 spiro atoms. The molecule has 1 unspecified atom stereocenters. The molecule has 120 valence electrons. The zero-order valence-electron chi connectivity index (χ0n) is 13.0. The molecule has 3 rings (SSSR count). The number of aryl methyl sites for hydroxylation is 1. The second-order valence-electron chi connectivity index (χ2n) is 5.47. The minimum absolute atomic E-state index is 0.116. The van der Waals surface area contributed by atoms with Gasteiger partial charge in [0.15, 0.2) is 0 Å². The molecule has 5 nitrogen and oxygen atoms in total. The maximum absolute atomic E-state index is 12.2. The van der Waals surface area contributed by atoms with Crippen molar-refractivity contribution in [2.24, 2.45) is 0 Å². The lowest BCUT2D eigenvalue weighted by atomic mass is 10.1.